The van der Waals surface area contributed by atoms with Gasteiger partial charge in [0.1, 0.15) is 6.04 Å². The van der Waals surface area contributed by atoms with Gasteiger partial charge in [0.05, 0.1) is 11.4 Å². The zero-order valence-corrected chi connectivity index (χ0v) is 19.4. The highest BCUT2D eigenvalue weighted by Gasteiger charge is 2.38. The van der Waals surface area contributed by atoms with Crippen LogP contribution >= 0.6 is 0 Å². The third-order valence-corrected chi connectivity index (χ3v) is 6.11. The van der Waals surface area contributed by atoms with Gasteiger partial charge < -0.3 is 15.5 Å². The van der Waals surface area contributed by atoms with Crippen LogP contribution in [0.25, 0.3) is 16.9 Å². The van der Waals surface area contributed by atoms with Crippen molar-refractivity contribution in [3.8, 4) is 16.9 Å². The van der Waals surface area contributed by atoms with Gasteiger partial charge in [0.15, 0.2) is 5.82 Å². The number of carbonyl (C=O) groups excluding carboxylic acids is 2. The van der Waals surface area contributed by atoms with Crippen molar-refractivity contribution in [1.29, 1.82) is 0 Å². The fourth-order valence-corrected chi connectivity index (χ4v) is 4.24. The van der Waals surface area contributed by atoms with Gasteiger partial charge in [-0.1, -0.05) is 56.7 Å². The Morgan fingerprint density at radius 2 is 1.94 bits per heavy atom. The van der Waals surface area contributed by atoms with Crippen LogP contribution in [0.3, 0.4) is 0 Å². The molecule has 33 heavy (non-hydrogen) atoms. The van der Waals surface area contributed by atoms with Crippen molar-refractivity contribution in [3.05, 3.63) is 66.2 Å². The van der Waals surface area contributed by atoms with Crippen molar-refractivity contribution in [2.75, 3.05) is 11.9 Å². The highest BCUT2D eigenvalue weighted by Crippen LogP contribution is 2.27. The van der Waals surface area contributed by atoms with Crippen molar-refractivity contribution >= 4 is 17.8 Å². The van der Waals surface area contributed by atoms with E-state index in [0.29, 0.717) is 12.4 Å². The first-order chi connectivity index (χ1) is 16.0. The number of para-hydroxylation sites is 1. The van der Waals surface area contributed by atoms with Crippen LogP contribution in [0.4, 0.5) is 10.6 Å². The van der Waals surface area contributed by atoms with Crippen LogP contribution in [0.2, 0.25) is 0 Å². The van der Waals surface area contributed by atoms with E-state index in [1.807, 2.05) is 54.9 Å². The quantitative estimate of drug-likeness (QED) is 0.531. The van der Waals surface area contributed by atoms with Gasteiger partial charge in [-0.05, 0) is 43.5 Å². The summed E-state index contributed by atoms with van der Waals surface area (Å²) in [6, 6.07) is 19.4. The lowest BCUT2D eigenvalue weighted by Crippen LogP contribution is -2.47. The molecule has 4 rings (SSSR count). The first-order valence-electron chi connectivity index (χ1n) is 11.6. The van der Waals surface area contributed by atoms with E-state index in [2.05, 4.69) is 41.8 Å². The van der Waals surface area contributed by atoms with Gasteiger partial charge in [-0.15, -0.1) is 5.10 Å². The topological polar surface area (TPSA) is 79.3 Å². The summed E-state index contributed by atoms with van der Waals surface area (Å²) in [5, 5.41) is 10.5. The molecule has 0 spiro atoms. The number of nitrogens with zero attached hydrogens (tertiary/aromatic N) is 3. The molecule has 0 radical (unpaired) electrons. The summed E-state index contributed by atoms with van der Waals surface area (Å²) >= 11 is 0. The number of carbonyl (C=O) groups is 2. The molecule has 1 fully saturated rings. The highest BCUT2D eigenvalue weighted by molar-refractivity contribution is 5.98. The van der Waals surface area contributed by atoms with Crippen molar-refractivity contribution in [2.45, 2.75) is 52.1 Å². The van der Waals surface area contributed by atoms with E-state index in [0.717, 1.165) is 36.2 Å². The third-order valence-electron chi connectivity index (χ3n) is 6.11. The van der Waals surface area contributed by atoms with Crippen LogP contribution in [0, 0.1) is 0 Å². The van der Waals surface area contributed by atoms with Gasteiger partial charge in [-0.3, -0.25) is 4.79 Å². The Hall–Kier alpha value is -3.61. The number of aromatic nitrogens is 2. The average Bonchev–Trinajstić information content (AvgIpc) is 3.43. The maximum absolute atomic E-state index is 13.1. The zero-order chi connectivity index (χ0) is 23.4. The molecule has 1 aromatic heterocycles. The van der Waals surface area contributed by atoms with Crippen LogP contribution in [0.15, 0.2) is 60.7 Å². The number of benzene rings is 2. The van der Waals surface area contributed by atoms with E-state index < -0.39 is 6.04 Å². The van der Waals surface area contributed by atoms with Crippen LogP contribution < -0.4 is 10.6 Å². The summed E-state index contributed by atoms with van der Waals surface area (Å²) in [4.78, 5) is 27.0. The van der Waals surface area contributed by atoms with E-state index >= 15 is 0 Å². The molecule has 2 aromatic carbocycles. The number of hydrogen-bond donors (Lipinski definition) is 2. The number of nitrogens with one attached hydrogen (secondary N) is 2. The number of anilines is 1. The Kier molecular flexibility index (Phi) is 6.77. The number of amides is 3. The van der Waals surface area contributed by atoms with E-state index in [4.69, 9.17) is 5.10 Å². The smallest absolute Gasteiger partial charge is 0.318 e. The van der Waals surface area contributed by atoms with Gasteiger partial charge in [-0.25, -0.2) is 9.48 Å². The lowest BCUT2D eigenvalue weighted by molar-refractivity contribution is -0.120. The first-order valence-corrected chi connectivity index (χ1v) is 11.6. The second-order valence-electron chi connectivity index (χ2n) is 8.47. The Morgan fingerprint density at radius 1 is 1.15 bits per heavy atom. The van der Waals surface area contributed by atoms with Gasteiger partial charge >= 0.3 is 6.03 Å². The van der Waals surface area contributed by atoms with Gasteiger partial charge in [0, 0.05) is 24.2 Å². The summed E-state index contributed by atoms with van der Waals surface area (Å²) in [6.07, 6.45) is 2.85. The van der Waals surface area contributed by atoms with Gasteiger partial charge in [-0.2, -0.15) is 0 Å². The molecule has 2 atom stereocenters. The van der Waals surface area contributed by atoms with Crippen LogP contribution in [0.5, 0.6) is 0 Å². The molecule has 0 bridgehead atoms. The molecule has 2 heterocycles. The molecule has 0 aliphatic carbocycles. The molecule has 7 heteroatoms. The maximum Gasteiger partial charge on any atom is 0.318 e. The largest absolute Gasteiger partial charge is 0.335 e. The molecule has 3 aromatic rings. The highest BCUT2D eigenvalue weighted by atomic mass is 16.2. The van der Waals surface area contributed by atoms with Crippen molar-refractivity contribution in [3.63, 3.8) is 0 Å². The normalized spacial score (nSPS) is 16.5. The minimum absolute atomic E-state index is 0.0259. The molecule has 172 valence electrons. The number of rotatable bonds is 8. The van der Waals surface area contributed by atoms with Gasteiger partial charge in [0.25, 0.3) is 0 Å². The monoisotopic (exact) mass is 445 g/mol. The van der Waals surface area contributed by atoms with E-state index in [-0.39, 0.29) is 18.0 Å². The predicted octanol–water partition coefficient (Wildman–Crippen LogP) is 4.62. The fourth-order valence-electron chi connectivity index (χ4n) is 4.24. The third kappa shape index (κ3) is 4.77. The Bertz CT molecular complexity index is 1120. The fraction of sp³-hybridized carbons (Fsp3) is 0.346. The second-order valence-corrected chi connectivity index (χ2v) is 8.47. The van der Waals surface area contributed by atoms with Gasteiger partial charge in [0.2, 0.25) is 5.91 Å². The second kappa shape index (κ2) is 9.90. The van der Waals surface area contributed by atoms with E-state index in [9.17, 15) is 9.59 Å². The molecule has 2 N–H and O–H groups in total. The van der Waals surface area contributed by atoms with E-state index in [1.165, 1.54) is 5.56 Å². The lowest BCUT2D eigenvalue weighted by Gasteiger charge is -2.27. The molecule has 1 saturated heterocycles. The molecule has 7 nitrogen and oxygen atoms in total. The number of urea groups is 1. The first kappa shape index (κ1) is 22.6. The minimum Gasteiger partial charge on any atom is -0.335 e. The molecule has 1 unspecified atom stereocenters. The minimum atomic E-state index is -0.564. The summed E-state index contributed by atoms with van der Waals surface area (Å²) in [5.41, 5.74) is 4.11. The Morgan fingerprint density at radius 3 is 2.67 bits per heavy atom. The lowest BCUT2D eigenvalue weighted by atomic mass is 10.0. The summed E-state index contributed by atoms with van der Waals surface area (Å²) in [6.45, 7) is 6.42. The Balaban J connectivity index is 1.67. The molecule has 1 aliphatic heterocycles. The number of hydrogen-bond acceptors (Lipinski definition) is 3. The molecule has 3 amide bonds. The zero-order valence-electron chi connectivity index (χ0n) is 19.4. The van der Waals surface area contributed by atoms with Crippen molar-refractivity contribution in [1.82, 2.24) is 20.0 Å². The molecular formula is C26H31N5O2. The van der Waals surface area contributed by atoms with Crippen LogP contribution in [-0.2, 0) is 11.2 Å². The Labute approximate surface area is 194 Å². The SMILES string of the molecule is CCCc1cccc(-c2cc(NC(=O)[C@H]3CNC(=O)N3C(C)CC)nn2-c2ccccc2)c1. The average molecular weight is 446 g/mol. The van der Waals surface area contributed by atoms with Crippen molar-refractivity contribution in [2.24, 2.45) is 0 Å². The molecular weight excluding hydrogens is 414 g/mol. The van der Waals surface area contributed by atoms with Crippen molar-refractivity contribution < 1.29 is 9.59 Å². The molecule has 0 saturated carbocycles. The molecule has 1 aliphatic rings. The van der Waals surface area contributed by atoms with Crippen LogP contribution in [-0.4, -0.2) is 45.2 Å². The van der Waals surface area contributed by atoms with Crippen LogP contribution in [0.1, 0.15) is 39.2 Å². The standard InChI is InChI=1S/C26H31N5O2/c1-4-10-19-11-9-12-20(15-19)22-16-24(29-31(22)21-13-7-6-8-14-21)28-25(32)23-17-27-26(33)30(23)18(3)5-2/h6-9,11-16,18,23H,4-5,10,17H2,1-3H3,(H,27,33)(H,28,29,32)/t18?,23-/m1/s1. The summed E-state index contributed by atoms with van der Waals surface area (Å²) < 4.78 is 1.85. The predicted molar refractivity (Wildman–Crippen MR) is 130 cm³/mol. The van der Waals surface area contributed by atoms with E-state index in [1.54, 1.807) is 4.90 Å². The summed E-state index contributed by atoms with van der Waals surface area (Å²) in [7, 11) is 0. The summed E-state index contributed by atoms with van der Waals surface area (Å²) in [5.74, 6) is 0.223. The maximum atomic E-state index is 13.1. The number of aryl methyl sites for hydroxylation is 1.